The minimum absolute atomic E-state index is 0.253. The van der Waals surface area contributed by atoms with E-state index in [0.29, 0.717) is 0 Å². The minimum atomic E-state index is 0.253. The second kappa shape index (κ2) is 5.41. The van der Waals surface area contributed by atoms with E-state index in [0.717, 1.165) is 17.0 Å². The van der Waals surface area contributed by atoms with Gasteiger partial charge >= 0.3 is 0 Å². The third-order valence-electron chi connectivity index (χ3n) is 2.41. The van der Waals surface area contributed by atoms with Gasteiger partial charge in [-0.15, -0.1) is 0 Å². The van der Waals surface area contributed by atoms with Gasteiger partial charge in [0.2, 0.25) is 0 Å². The van der Waals surface area contributed by atoms with Gasteiger partial charge in [-0.3, -0.25) is 0 Å². The van der Waals surface area contributed by atoms with Gasteiger partial charge in [0, 0.05) is 11.3 Å². The van der Waals surface area contributed by atoms with E-state index in [1.165, 1.54) is 0 Å². The highest BCUT2D eigenvalue weighted by Gasteiger charge is 2.18. The molecular formula is C11H18BrNOS. The Morgan fingerprint density at radius 3 is 2.67 bits per heavy atom. The Morgan fingerprint density at radius 2 is 2.20 bits per heavy atom. The molecule has 1 unspecified atom stereocenters. The molecule has 0 saturated heterocycles. The zero-order chi connectivity index (χ0) is 11.5. The van der Waals surface area contributed by atoms with Crippen molar-refractivity contribution in [1.29, 1.82) is 0 Å². The second-order valence-electron chi connectivity index (χ2n) is 4.21. The molecule has 4 heteroatoms. The Morgan fingerprint density at radius 1 is 1.53 bits per heavy atom. The second-order valence-corrected chi connectivity index (χ2v) is 6.50. The van der Waals surface area contributed by atoms with Gasteiger partial charge in [0.15, 0.2) is 4.67 Å². The molecule has 0 fully saturated rings. The standard InChI is InChI=1S/C11H18BrNOS/c1-8(9-5-6-10(12)14-9)13-7-11(2,3)15-4/h5-6,8,13H,7H2,1-4H3. The molecule has 0 radical (unpaired) electrons. The van der Waals surface area contributed by atoms with Gasteiger partial charge in [-0.2, -0.15) is 11.8 Å². The lowest BCUT2D eigenvalue weighted by atomic mass is 10.2. The van der Waals surface area contributed by atoms with Gasteiger partial charge in [0.05, 0.1) is 6.04 Å². The summed E-state index contributed by atoms with van der Waals surface area (Å²) < 4.78 is 6.54. The van der Waals surface area contributed by atoms with Gasteiger partial charge in [0.1, 0.15) is 5.76 Å². The van der Waals surface area contributed by atoms with Crippen LogP contribution in [0.2, 0.25) is 0 Å². The molecular weight excluding hydrogens is 274 g/mol. The van der Waals surface area contributed by atoms with E-state index in [4.69, 9.17) is 4.42 Å². The minimum Gasteiger partial charge on any atom is -0.453 e. The number of nitrogens with one attached hydrogen (secondary N) is 1. The quantitative estimate of drug-likeness (QED) is 0.892. The van der Waals surface area contributed by atoms with Crippen LogP contribution in [0.15, 0.2) is 21.2 Å². The average Bonchev–Trinajstić information content (AvgIpc) is 2.61. The fourth-order valence-electron chi connectivity index (χ4n) is 1.13. The maximum Gasteiger partial charge on any atom is 0.169 e. The van der Waals surface area contributed by atoms with Crippen LogP contribution >= 0.6 is 27.7 Å². The van der Waals surface area contributed by atoms with E-state index in [2.05, 4.69) is 48.3 Å². The van der Waals surface area contributed by atoms with Crippen molar-refractivity contribution in [3.05, 3.63) is 22.6 Å². The molecule has 2 nitrogen and oxygen atoms in total. The van der Waals surface area contributed by atoms with Crippen molar-refractivity contribution < 1.29 is 4.42 Å². The Hall–Kier alpha value is 0.0700. The summed E-state index contributed by atoms with van der Waals surface area (Å²) in [5, 5.41) is 3.47. The molecule has 0 bridgehead atoms. The molecule has 0 spiro atoms. The van der Waals surface area contributed by atoms with E-state index in [-0.39, 0.29) is 10.8 Å². The van der Waals surface area contributed by atoms with Crippen molar-refractivity contribution in [2.45, 2.75) is 31.6 Å². The third kappa shape index (κ3) is 4.21. The Kier molecular flexibility index (Phi) is 4.74. The molecule has 0 amide bonds. The summed E-state index contributed by atoms with van der Waals surface area (Å²) in [7, 11) is 0. The summed E-state index contributed by atoms with van der Waals surface area (Å²) in [5.41, 5.74) is 0. The van der Waals surface area contributed by atoms with Crippen LogP contribution < -0.4 is 5.32 Å². The SMILES string of the molecule is CSC(C)(C)CNC(C)c1ccc(Br)o1. The van der Waals surface area contributed by atoms with Crippen molar-refractivity contribution in [2.75, 3.05) is 12.8 Å². The highest BCUT2D eigenvalue weighted by Crippen LogP contribution is 2.23. The number of hydrogen-bond donors (Lipinski definition) is 1. The van der Waals surface area contributed by atoms with Crippen molar-refractivity contribution in [3.63, 3.8) is 0 Å². The molecule has 0 aliphatic heterocycles. The number of furan rings is 1. The van der Waals surface area contributed by atoms with Crippen molar-refractivity contribution >= 4 is 27.7 Å². The van der Waals surface area contributed by atoms with Gasteiger partial charge in [-0.1, -0.05) is 0 Å². The molecule has 1 N–H and O–H groups in total. The zero-order valence-electron chi connectivity index (χ0n) is 9.63. The summed E-state index contributed by atoms with van der Waals surface area (Å²) in [5.74, 6) is 0.971. The van der Waals surface area contributed by atoms with Crippen LogP contribution in [0.25, 0.3) is 0 Å². The van der Waals surface area contributed by atoms with Crippen LogP contribution in [0.1, 0.15) is 32.6 Å². The maximum absolute atomic E-state index is 5.49. The fraction of sp³-hybridized carbons (Fsp3) is 0.636. The lowest BCUT2D eigenvalue weighted by Gasteiger charge is -2.24. The molecule has 1 rings (SSSR count). The smallest absolute Gasteiger partial charge is 0.169 e. The van der Waals surface area contributed by atoms with Gasteiger partial charge in [0.25, 0.3) is 0 Å². The van der Waals surface area contributed by atoms with Crippen molar-refractivity contribution in [1.82, 2.24) is 5.32 Å². The monoisotopic (exact) mass is 291 g/mol. The average molecular weight is 292 g/mol. The Balaban J connectivity index is 2.46. The topological polar surface area (TPSA) is 25.2 Å². The molecule has 1 heterocycles. The molecule has 0 aromatic carbocycles. The van der Waals surface area contributed by atoms with E-state index in [1.807, 2.05) is 23.9 Å². The van der Waals surface area contributed by atoms with E-state index >= 15 is 0 Å². The zero-order valence-corrected chi connectivity index (χ0v) is 12.0. The highest BCUT2D eigenvalue weighted by molar-refractivity contribution is 9.10. The van der Waals surface area contributed by atoms with Crippen molar-refractivity contribution in [3.8, 4) is 0 Å². The molecule has 1 aromatic rings. The van der Waals surface area contributed by atoms with E-state index in [9.17, 15) is 0 Å². The first-order valence-corrected chi connectivity index (χ1v) is 7.00. The lowest BCUT2D eigenvalue weighted by molar-refractivity contribution is 0.409. The third-order valence-corrected chi connectivity index (χ3v) is 4.08. The summed E-state index contributed by atoms with van der Waals surface area (Å²) in [4.78, 5) is 0. The fourth-order valence-corrected chi connectivity index (χ4v) is 1.68. The molecule has 15 heavy (non-hydrogen) atoms. The normalized spacial score (nSPS) is 14.2. The molecule has 0 saturated carbocycles. The van der Waals surface area contributed by atoms with Crippen LogP contribution in [-0.2, 0) is 0 Å². The van der Waals surface area contributed by atoms with Gasteiger partial charge in [-0.05, 0) is 55.1 Å². The number of hydrogen-bond acceptors (Lipinski definition) is 3. The van der Waals surface area contributed by atoms with E-state index < -0.39 is 0 Å². The highest BCUT2D eigenvalue weighted by atomic mass is 79.9. The predicted octanol–water partition coefficient (Wildman–Crippen LogP) is 3.83. The van der Waals surface area contributed by atoms with Gasteiger partial charge in [-0.25, -0.2) is 0 Å². The van der Waals surface area contributed by atoms with Crippen LogP contribution in [0, 0.1) is 0 Å². The summed E-state index contributed by atoms with van der Waals surface area (Å²) in [6.45, 7) is 7.54. The molecule has 0 aliphatic carbocycles. The molecule has 1 atom stereocenters. The molecule has 86 valence electrons. The predicted molar refractivity (Wildman–Crippen MR) is 70.4 cm³/mol. The number of halogens is 1. The Bertz CT molecular complexity index is 311. The summed E-state index contributed by atoms with van der Waals surface area (Å²) in [6.07, 6.45) is 2.13. The first kappa shape index (κ1) is 13.1. The van der Waals surface area contributed by atoms with Gasteiger partial charge < -0.3 is 9.73 Å². The summed E-state index contributed by atoms with van der Waals surface area (Å²) in [6, 6.07) is 4.17. The number of rotatable bonds is 5. The maximum atomic E-state index is 5.49. The van der Waals surface area contributed by atoms with Crippen LogP contribution in [0.4, 0.5) is 0 Å². The van der Waals surface area contributed by atoms with Crippen molar-refractivity contribution in [2.24, 2.45) is 0 Å². The van der Waals surface area contributed by atoms with E-state index in [1.54, 1.807) is 0 Å². The van der Waals surface area contributed by atoms with Crippen LogP contribution in [0.3, 0.4) is 0 Å². The molecule has 1 aromatic heterocycles. The molecule has 0 aliphatic rings. The first-order valence-electron chi connectivity index (χ1n) is 4.98. The van der Waals surface area contributed by atoms with Crippen LogP contribution in [0.5, 0.6) is 0 Å². The van der Waals surface area contributed by atoms with Crippen LogP contribution in [-0.4, -0.2) is 17.5 Å². The Labute approximate surface area is 104 Å². The number of thioether (sulfide) groups is 1. The first-order chi connectivity index (χ1) is 6.94. The largest absolute Gasteiger partial charge is 0.453 e. The summed E-state index contributed by atoms with van der Waals surface area (Å²) >= 11 is 5.17. The lowest BCUT2D eigenvalue weighted by Crippen LogP contribution is -2.33.